The monoisotopic (exact) mass is 197 g/mol. The molecule has 0 aliphatic carbocycles. The number of hydrogen-bond donors (Lipinski definition) is 0. The normalized spacial score (nSPS) is 11.0. The van der Waals surface area contributed by atoms with Gasteiger partial charge < -0.3 is 9.14 Å². The van der Waals surface area contributed by atoms with Gasteiger partial charge in [0.15, 0.2) is 0 Å². The summed E-state index contributed by atoms with van der Waals surface area (Å²) >= 11 is 0. The number of aromatic nitrogens is 1. The summed E-state index contributed by atoms with van der Waals surface area (Å²) in [5.41, 5.74) is 1.13. The molecule has 3 rings (SSSR count). The molecule has 0 bridgehead atoms. The van der Waals surface area contributed by atoms with Crippen molar-refractivity contribution in [1.82, 2.24) is 4.40 Å². The van der Waals surface area contributed by atoms with Crippen LogP contribution in [0.3, 0.4) is 0 Å². The molecule has 0 saturated heterocycles. The second-order valence-corrected chi connectivity index (χ2v) is 3.54. The van der Waals surface area contributed by atoms with E-state index in [0.717, 1.165) is 11.3 Å². The highest BCUT2D eigenvalue weighted by Crippen LogP contribution is 2.28. The van der Waals surface area contributed by atoms with Crippen LogP contribution in [0.25, 0.3) is 16.3 Å². The Bertz CT molecular complexity index is 625. The van der Waals surface area contributed by atoms with Crippen molar-refractivity contribution >= 4 is 16.3 Å². The molecule has 0 saturated carbocycles. The zero-order valence-electron chi connectivity index (χ0n) is 8.47. The number of pyridine rings is 1. The lowest BCUT2D eigenvalue weighted by Gasteiger charge is -2.03. The average molecular weight is 197 g/mol. The van der Waals surface area contributed by atoms with Crippen molar-refractivity contribution in [3.63, 3.8) is 0 Å². The third-order valence-electron chi connectivity index (χ3n) is 2.73. The largest absolute Gasteiger partial charge is 0.494 e. The Labute approximate surface area is 87.7 Å². The van der Waals surface area contributed by atoms with Crippen LogP contribution >= 0.6 is 0 Å². The standard InChI is InChI=1S/C13H11NO/c1-15-12-7-9-14-8-6-10-4-2-3-5-11(10)13(12)14/h2-9H,1H3. The van der Waals surface area contributed by atoms with Crippen molar-refractivity contribution < 1.29 is 4.74 Å². The first kappa shape index (κ1) is 8.36. The van der Waals surface area contributed by atoms with E-state index in [9.17, 15) is 0 Å². The predicted octanol–water partition coefficient (Wildman–Crippen LogP) is 3.10. The van der Waals surface area contributed by atoms with E-state index in [0.29, 0.717) is 0 Å². The quantitative estimate of drug-likeness (QED) is 0.584. The van der Waals surface area contributed by atoms with Crippen LogP contribution in [-0.2, 0) is 0 Å². The number of methoxy groups -OCH3 is 1. The molecule has 0 aliphatic rings. The third-order valence-corrected chi connectivity index (χ3v) is 2.73. The number of nitrogens with zero attached hydrogens (tertiary/aromatic N) is 1. The molecule has 2 aromatic heterocycles. The molecule has 2 heteroatoms. The average Bonchev–Trinajstić information content (AvgIpc) is 2.72. The van der Waals surface area contributed by atoms with Gasteiger partial charge in [0.05, 0.1) is 12.6 Å². The Morgan fingerprint density at radius 3 is 2.67 bits per heavy atom. The minimum atomic E-state index is 0.923. The maximum Gasteiger partial charge on any atom is 0.144 e. The van der Waals surface area contributed by atoms with Gasteiger partial charge >= 0.3 is 0 Å². The fourth-order valence-electron chi connectivity index (χ4n) is 2.01. The molecular formula is C13H11NO. The van der Waals surface area contributed by atoms with Crippen molar-refractivity contribution in [3.8, 4) is 5.75 Å². The molecule has 2 heterocycles. The van der Waals surface area contributed by atoms with Gasteiger partial charge in [-0.1, -0.05) is 24.3 Å². The lowest BCUT2D eigenvalue weighted by atomic mass is 10.1. The molecule has 0 spiro atoms. The first-order valence-electron chi connectivity index (χ1n) is 4.92. The number of benzene rings is 1. The van der Waals surface area contributed by atoms with Crippen molar-refractivity contribution in [2.24, 2.45) is 0 Å². The molecule has 3 aromatic rings. The number of ether oxygens (including phenoxy) is 1. The van der Waals surface area contributed by atoms with E-state index in [2.05, 4.69) is 34.9 Å². The number of fused-ring (bicyclic) bond motifs is 3. The van der Waals surface area contributed by atoms with Gasteiger partial charge in [-0.05, 0) is 17.5 Å². The van der Waals surface area contributed by atoms with Gasteiger partial charge in [0.25, 0.3) is 0 Å². The highest BCUT2D eigenvalue weighted by molar-refractivity contribution is 5.98. The molecule has 0 radical (unpaired) electrons. The highest BCUT2D eigenvalue weighted by atomic mass is 16.5. The van der Waals surface area contributed by atoms with Gasteiger partial charge in [0, 0.05) is 17.8 Å². The van der Waals surface area contributed by atoms with E-state index in [-0.39, 0.29) is 0 Å². The maximum absolute atomic E-state index is 5.35. The van der Waals surface area contributed by atoms with Crippen LogP contribution in [0.2, 0.25) is 0 Å². The summed E-state index contributed by atoms with van der Waals surface area (Å²) in [6, 6.07) is 12.4. The van der Waals surface area contributed by atoms with Crippen molar-refractivity contribution in [2.75, 3.05) is 7.11 Å². The van der Waals surface area contributed by atoms with Crippen LogP contribution in [0.15, 0.2) is 48.8 Å². The second kappa shape index (κ2) is 3.02. The Balaban J connectivity index is 2.56. The van der Waals surface area contributed by atoms with Gasteiger partial charge in [0.2, 0.25) is 0 Å². The molecule has 0 atom stereocenters. The lowest BCUT2D eigenvalue weighted by Crippen LogP contribution is -1.86. The first-order valence-corrected chi connectivity index (χ1v) is 4.92. The molecule has 0 unspecified atom stereocenters. The summed E-state index contributed by atoms with van der Waals surface area (Å²) < 4.78 is 7.44. The highest BCUT2D eigenvalue weighted by Gasteiger charge is 2.05. The smallest absolute Gasteiger partial charge is 0.144 e. The van der Waals surface area contributed by atoms with E-state index < -0.39 is 0 Å². The molecule has 0 amide bonds. The van der Waals surface area contributed by atoms with Crippen molar-refractivity contribution in [1.29, 1.82) is 0 Å². The third kappa shape index (κ3) is 1.11. The van der Waals surface area contributed by atoms with Crippen LogP contribution in [0.5, 0.6) is 5.75 Å². The van der Waals surface area contributed by atoms with Gasteiger partial charge in [-0.3, -0.25) is 0 Å². The summed E-state index contributed by atoms with van der Waals surface area (Å²) in [5.74, 6) is 0.923. The Hall–Kier alpha value is -1.96. The van der Waals surface area contributed by atoms with Crippen LogP contribution in [0.1, 0.15) is 0 Å². The zero-order chi connectivity index (χ0) is 10.3. The van der Waals surface area contributed by atoms with Crippen LogP contribution < -0.4 is 4.74 Å². The number of hydrogen-bond acceptors (Lipinski definition) is 1. The summed E-state index contributed by atoms with van der Waals surface area (Å²) in [6.45, 7) is 0. The number of rotatable bonds is 1. The van der Waals surface area contributed by atoms with Crippen LogP contribution in [0, 0.1) is 0 Å². The van der Waals surface area contributed by atoms with Gasteiger partial charge in [0.1, 0.15) is 5.75 Å². The van der Waals surface area contributed by atoms with Crippen molar-refractivity contribution in [2.45, 2.75) is 0 Å². The van der Waals surface area contributed by atoms with E-state index in [4.69, 9.17) is 4.74 Å². The van der Waals surface area contributed by atoms with E-state index in [1.165, 1.54) is 10.8 Å². The predicted molar refractivity (Wildman–Crippen MR) is 61.5 cm³/mol. The summed E-state index contributed by atoms with van der Waals surface area (Å²) in [6.07, 6.45) is 4.07. The Kier molecular flexibility index (Phi) is 1.68. The van der Waals surface area contributed by atoms with Gasteiger partial charge in [-0.25, -0.2) is 0 Å². The maximum atomic E-state index is 5.35. The molecule has 0 aliphatic heterocycles. The Morgan fingerprint density at radius 2 is 1.80 bits per heavy atom. The molecule has 74 valence electrons. The molecule has 1 aromatic carbocycles. The second-order valence-electron chi connectivity index (χ2n) is 3.54. The molecular weight excluding hydrogens is 186 g/mol. The van der Waals surface area contributed by atoms with Crippen LogP contribution in [0.4, 0.5) is 0 Å². The summed E-state index contributed by atoms with van der Waals surface area (Å²) in [7, 11) is 1.71. The van der Waals surface area contributed by atoms with Gasteiger partial charge in [-0.15, -0.1) is 0 Å². The fourth-order valence-corrected chi connectivity index (χ4v) is 2.01. The summed E-state index contributed by atoms with van der Waals surface area (Å²) in [4.78, 5) is 0. The van der Waals surface area contributed by atoms with E-state index in [1.54, 1.807) is 7.11 Å². The van der Waals surface area contributed by atoms with Crippen LogP contribution in [-0.4, -0.2) is 11.5 Å². The molecule has 15 heavy (non-hydrogen) atoms. The van der Waals surface area contributed by atoms with Crippen molar-refractivity contribution in [3.05, 3.63) is 48.8 Å². The Morgan fingerprint density at radius 1 is 1.00 bits per heavy atom. The molecule has 0 fully saturated rings. The summed E-state index contributed by atoms with van der Waals surface area (Å²) in [5, 5.41) is 2.46. The van der Waals surface area contributed by atoms with E-state index in [1.807, 2.05) is 18.3 Å². The lowest BCUT2D eigenvalue weighted by molar-refractivity contribution is 0.420. The first-order chi connectivity index (χ1) is 7.40. The fraction of sp³-hybridized carbons (Fsp3) is 0.0769. The zero-order valence-corrected chi connectivity index (χ0v) is 8.47. The minimum absolute atomic E-state index is 0.923. The minimum Gasteiger partial charge on any atom is -0.494 e. The van der Waals surface area contributed by atoms with Gasteiger partial charge in [-0.2, -0.15) is 0 Å². The molecule has 2 nitrogen and oxygen atoms in total. The topological polar surface area (TPSA) is 13.6 Å². The SMILES string of the molecule is COc1ccn2ccc3ccccc3c12. The molecule has 0 N–H and O–H groups in total. The van der Waals surface area contributed by atoms with E-state index >= 15 is 0 Å².